The van der Waals surface area contributed by atoms with Crippen molar-refractivity contribution in [2.75, 3.05) is 6.54 Å². The molecule has 5 rings (SSSR count). The van der Waals surface area contributed by atoms with E-state index < -0.39 is 5.60 Å². The lowest BCUT2D eigenvalue weighted by atomic mass is 9.47. The molecular weight excluding hydrogens is 298 g/mol. The van der Waals surface area contributed by atoms with Crippen LogP contribution in [0.15, 0.2) is 11.6 Å². The maximum atomic E-state index is 11.5. The maximum Gasteiger partial charge on any atom is 0.0868 e. The Hall–Kier alpha value is -0.380. The fraction of sp³-hybridized carbons (Fsp3) is 0.905. The quantitative estimate of drug-likeness (QED) is 0.511. The Morgan fingerprint density at radius 3 is 2.58 bits per heavy atom. The summed E-state index contributed by atoms with van der Waals surface area (Å²) in [7, 11) is 0. The van der Waals surface area contributed by atoms with Crippen LogP contribution in [0.25, 0.3) is 0 Å². The van der Waals surface area contributed by atoms with Gasteiger partial charge in [0.25, 0.3) is 0 Å². The largest absolute Gasteiger partial charge is 0.393 e. The molecule has 0 aromatic rings. The summed E-state index contributed by atoms with van der Waals surface area (Å²) < 4.78 is 0. The molecule has 24 heavy (non-hydrogen) atoms. The van der Waals surface area contributed by atoms with Gasteiger partial charge in [-0.2, -0.15) is 0 Å². The summed E-state index contributed by atoms with van der Waals surface area (Å²) >= 11 is 0. The Kier molecular flexibility index (Phi) is 3.21. The van der Waals surface area contributed by atoms with Crippen LogP contribution in [0.5, 0.6) is 0 Å². The van der Waals surface area contributed by atoms with E-state index in [1.165, 1.54) is 25.7 Å². The van der Waals surface area contributed by atoms with Gasteiger partial charge < -0.3 is 15.5 Å². The molecule has 8 atom stereocenters. The van der Waals surface area contributed by atoms with Crippen molar-refractivity contribution in [2.24, 2.45) is 28.6 Å². The predicted molar refractivity (Wildman–Crippen MR) is 94.5 cm³/mol. The zero-order chi connectivity index (χ0) is 16.7. The van der Waals surface area contributed by atoms with Crippen molar-refractivity contribution in [3.63, 3.8) is 0 Å². The Morgan fingerprint density at radius 1 is 1.08 bits per heavy atom. The molecule has 4 fully saturated rings. The average molecular weight is 332 g/mol. The van der Waals surface area contributed by atoms with E-state index in [1.54, 1.807) is 5.57 Å². The van der Waals surface area contributed by atoms with Crippen LogP contribution in [0, 0.1) is 28.6 Å². The fourth-order valence-electron chi connectivity index (χ4n) is 7.66. The van der Waals surface area contributed by atoms with Gasteiger partial charge in [0.2, 0.25) is 0 Å². The third-order valence-corrected chi connectivity index (χ3v) is 9.28. The van der Waals surface area contributed by atoms with Crippen molar-refractivity contribution in [2.45, 2.75) is 83.0 Å². The van der Waals surface area contributed by atoms with Crippen LogP contribution in [0.2, 0.25) is 0 Å². The molecule has 3 N–H and O–H groups in total. The van der Waals surface area contributed by atoms with Crippen LogP contribution < -0.4 is 5.32 Å². The molecule has 5 aliphatic rings. The van der Waals surface area contributed by atoms with Gasteiger partial charge >= 0.3 is 0 Å². The summed E-state index contributed by atoms with van der Waals surface area (Å²) in [5.74, 6) is 2.17. The summed E-state index contributed by atoms with van der Waals surface area (Å²) in [5.41, 5.74) is 1.47. The molecule has 4 aliphatic carbocycles. The molecule has 3 heteroatoms. The van der Waals surface area contributed by atoms with E-state index in [0.717, 1.165) is 44.1 Å². The molecule has 134 valence electrons. The molecule has 0 spiro atoms. The topological polar surface area (TPSA) is 62.4 Å². The van der Waals surface area contributed by atoms with Gasteiger partial charge in [0.1, 0.15) is 0 Å². The zero-order valence-corrected chi connectivity index (χ0v) is 15.2. The van der Waals surface area contributed by atoms with Crippen LogP contribution in [0.3, 0.4) is 0 Å². The average Bonchev–Trinajstić information content (AvgIpc) is 3.36. The Bertz CT molecular complexity index is 584. The van der Waals surface area contributed by atoms with Crippen LogP contribution >= 0.6 is 0 Å². The number of fused-ring (bicyclic) bond motifs is 5. The van der Waals surface area contributed by atoms with Crippen molar-refractivity contribution in [3.05, 3.63) is 11.6 Å². The molecule has 0 bridgehead atoms. The molecule has 3 saturated carbocycles. The van der Waals surface area contributed by atoms with Crippen LogP contribution in [-0.2, 0) is 0 Å². The Morgan fingerprint density at radius 2 is 1.83 bits per heavy atom. The fourth-order valence-corrected chi connectivity index (χ4v) is 7.66. The van der Waals surface area contributed by atoms with Crippen LogP contribution in [0.1, 0.15) is 65.2 Å². The van der Waals surface area contributed by atoms with Gasteiger partial charge in [0.15, 0.2) is 0 Å². The van der Waals surface area contributed by atoms with E-state index in [4.69, 9.17) is 0 Å². The van der Waals surface area contributed by atoms with E-state index in [9.17, 15) is 10.2 Å². The smallest absolute Gasteiger partial charge is 0.0868 e. The number of hydrogen-bond acceptors (Lipinski definition) is 3. The van der Waals surface area contributed by atoms with Gasteiger partial charge in [-0.1, -0.05) is 25.5 Å². The van der Waals surface area contributed by atoms with Crippen molar-refractivity contribution in [1.82, 2.24) is 5.32 Å². The minimum Gasteiger partial charge on any atom is -0.393 e. The van der Waals surface area contributed by atoms with Gasteiger partial charge in [0.05, 0.1) is 11.7 Å². The first-order valence-corrected chi connectivity index (χ1v) is 10.2. The Balaban J connectivity index is 1.49. The molecule has 0 aromatic carbocycles. The molecule has 0 unspecified atom stereocenters. The summed E-state index contributed by atoms with van der Waals surface area (Å²) in [5, 5.41) is 25.0. The Labute approximate surface area is 145 Å². The summed E-state index contributed by atoms with van der Waals surface area (Å²) in [6, 6.07) is 0.346. The highest BCUT2D eigenvalue weighted by Gasteiger charge is 2.67. The highest BCUT2D eigenvalue weighted by Crippen LogP contribution is 2.68. The lowest BCUT2D eigenvalue weighted by molar-refractivity contribution is -0.124. The number of allylic oxidation sites excluding steroid dienone is 1. The second kappa shape index (κ2) is 4.86. The van der Waals surface area contributed by atoms with Gasteiger partial charge in [-0.3, -0.25) is 0 Å². The number of aliphatic hydroxyl groups is 2. The van der Waals surface area contributed by atoms with Crippen molar-refractivity contribution in [3.8, 4) is 0 Å². The van der Waals surface area contributed by atoms with E-state index in [2.05, 4.69) is 25.2 Å². The standard InChI is InChI=1S/C21H33NO2/c1-19-8-5-14(23)11-13(19)3-4-15-16(19)6-9-20(2)17(15)7-10-21(20,24)18-12-22-18/h3,14-18,22-24H,4-12H2,1-2H3/t14-,15+,16-,17-,18+,19-,20-,21-/m0/s1. The van der Waals surface area contributed by atoms with Gasteiger partial charge in [0, 0.05) is 18.0 Å². The minimum absolute atomic E-state index is 0.0955. The van der Waals surface area contributed by atoms with E-state index >= 15 is 0 Å². The first-order chi connectivity index (χ1) is 11.4. The summed E-state index contributed by atoms with van der Waals surface area (Å²) in [6.45, 7) is 5.88. The third kappa shape index (κ3) is 1.84. The second-order valence-corrected chi connectivity index (χ2v) is 10.0. The highest BCUT2D eigenvalue weighted by atomic mass is 16.3. The molecule has 0 radical (unpaired) electrons. The molecule has 0 aromatic heterocycles. The highest BCUT2D eigenvalue weighted by molar-refractivity contribution is 5.27. The number of hydrogen-bond donors (Lipinski definition) is 3. The van der Waals surface area contributed by atoms with Crippen LogP contribution in [0.4, 0.5) is 0 Å². The third-order valence-electron chi connectivity index (χ3n) is 9.28. The zero-order valence-electron chi connectivity index (χ0n) is 15.2. The summed E-state index contributed by atoms with van der Waals surface area (Å²) in [6.07, 6.45) is 11.2. The number of rotatable bonds is 1. The molecule has 3 nitrogen and oxygen atoms in total. The molecular formula is C21H33NO2. The molecule has 1 aliphatic heterocycles. The number of nitrogens with one attached hydrogen (secondary N) is 1. The summed E-state index contributed by atoms with van der Waals surface area (Å²) in [4.78, 5) is 0. The van der Waals surface area contributed by atoms with Gasteiger partial charge in [-0.15, -0.1) is 0 Å². The first kappa shape index (κ1) is 15.8. The lowest BCUT2D eigenvalue weighted by Gasteiger charge is -2.59. The monoisotopic (exact) mass is 331 g/mol. The van der Waals surface area contributed by atoms with Gasteiger partial charge in [-0.25, -0.2) is 0 Å². The van der Waals surface area contributed by atoms with E-state index in [1.807, 2.05) is 0 Å². The second-order valence-electron chi connectivity index (χ2n) is 10.0. The van der Waals surface area contributed by atoms with Crippen molar-refractivity contribution in [1.29, 1.82) is 0 Å². The first-order valence-electron chi connectivity index (χ1n) is 10.2. The lowest BCUT2D eigenvalue weighted by Crippen LogP contribution is -2.57. The SMILES string of the molecule is C[C@]12CC[C@H](O)CC1=CC[C@@H]1[C@@H]2CC[C@@]2(C)[C@H]1CC[C@]2(O)[C@H]1CN1. The number of aliphatic hydroxyl groups excluding tert-OH is 1. The van der Waals surface area contributed by atoms with Crippen molar-refractivity contribution >= 4 is 0 Å². The normalized spacial score (nSPS) is 59.2. The van der Waals surface area contributed by atoms with Crippen molar-refractivity contribution < 1.29 is 10.2 Å². The molecule has 0 amide bonds. The molecule has 1 saturated heterocycles. The predicted octanol–water partition coefficient (Wildman–Crippen LogP) is 3.01. The minimum atomic E-state index is -0.476. The van der Waals surface area contributed by atoms with E-state index in [-0.39, 0.29) is 11.5 Å². The van der Waals surface area contributed by atoms with Gasteiger partial charge in [-0.05, 0) is 74.5 Å². The van der Waals surface area contributed by atoms with E-state index in [0.29, 0.717) is 17.4 Å². The molecule has 1 heterocycles. The maximum absolute atomic E-state index is 11.5. The van der Waals surface area contributed by atoms with Crippen LogP contribution in [-0.4, -0.2) is 34.5 Å².